The molecule has 1 aliphatic heterocycles. The summed E-state index contributed by atoms with van der Waals surface area (Å²) in [4.78, 5) is 14.9. The van der Waals surface area contributed by atoms with E-state index in [-0.39, 0.29) is 0 Å². The molecular weight excluding hydrogens is 364 g/mol. The number of morpholine rings is 1. The number of quaternary nitrogens is 1. The van der Waals surface area contributed by atoms with Crippen LogP contribution in [0.3, 0.4) is 0 Å². The highest BCUT2D eigenvalue weighted by molar-refractivity contribution is 7.19. The molecule has 0 aliphatic carbocycles. The van der Waals surface area contributed by atoms with Crippen LogP contribution in [0.2, 0.25) is 0 Å². The predicted molar refractivity (Wildman–Crippen MR) is 110 cm³/mol. The summed E-state index contributed by atoms with van der Waals surface area (Å²) in [7, 11) is 0. The van der Waals surface area contributed by atoms with E-state index in [0.29, 0.717) is 0 Å². The van der Waals surface area contributed by atoms with Gasteiger partial charge in [-0.05, 0) is 30.9 Å². The van der Waals surface area contributed by atoms with E-state index < -0.39 is 0 Å². The number of anilines is 1. The van der Waals surface area contributed by atoms with Gasteiger partial charge in [0.15, 0.2) is 5.82 Å². The smallest absolute Gasteiger partial charge is 0.173 e. The summed E-state index contributed by atoms with van der Waals surface area (Å²) in [5, 5.41) is 6.86. The minimum absolute atomic E-state index is 0.829. The average molecular weight is 390 g/mol. The van der Waals surface area contributed by atoms with Crippen LogP contribution in [0.15, 0.2) is 17.5 Å². The number of hydrogen-bond donors (Lipinski definition) is 2. The van der Waals surface area contributed by atoms with Crippen LogP contribution in [0.1, 0.15) is 16.9 Å². The number of hydrogen-bond acceptors (Lipinski definition) is 6. The van der Waals surface area contributed by atoms with Gasteiger partial charge < -0.3 is 15.0 Å². The molecule has 0 radical (unpaired) electrons. The third kappa shape index (κ3) is 3.76. The number of aryl methyl sites for hydroxylation is 2. The maximum atomic E-state index is 5.44. The third-order valence-corrected chi connectivity index (χ3v) is 6.94. The fraction of sp³-hybridized carbons (Fsp3) is 0.474. The Kier molecular flexibility index (Phi) is 5.49. The minimum atomic E-state index is 0.829. The Morgan fingerprint density at radius 1 is 1.23 bits per heavy atom. The van der Waals surface area contributed by atoms with Gasteiger partial charge in [-0.3, -0.25) is 0 Å². The number of ether oxygens (including phenoxy) is 1. The van der Waals surface area contributed by atoms with E-state index in [2.05, 4.69) is 36.7 Å². The van der Waals surface area contributed by atoms with Gasteiger partial charge in [0, 0.05) is 17.8 Å². The predicted octanol–water partition coefficient (Wildman–Crippen LogP) is 2.75. The van der Waals surface area contributed by atoms with E-state index in [1.54, 1.807) is 27.6 Å². The minimum Gasteiger partial charge on any atom is -0.370 e. The second-order valence-electron chi connectivity index (χ2n) is 6.73. The lowest BCUT2D eigenvalue weighted by atomic mass is 10.2. The lowest BCUT2D eigenvalue weighted by Gasteiger charge is -2.23. The summed E-state index contributed by atoms with van der Waals surface area (Å²) in [5.41, 5.74) is 1.30. The topological polar surface area (TPSA) is 51.5 Å². The van der Waals surface area contributed by atoms with Gasteiger partial charge in [0.25, 0.3) is 0 Å². The third-order valence-electron chi connectivity index (χ3n) is 4.97. The van der Waals surface area contributed by atoms with E-state index in [4.69, 9.17) is 14.7 Å². The highest BCUT2D eigenvalue weighted by atomic mass is 32.1. The van der Waals surface area contributed by atoms with Crippen molar-refractivity contribution < 1.29 is 9.64 Å². The lowest BCUT2D eigenvalue weighted by molar-refractivity contribution is -0.908. The molecule has 4 heterocycles. The first-order valence-corrected chi connectivity index (χ1v) is 10.9. The van der Waals surface area contributed by atoms with E-state index in [1.165, 1.54) is 22.4 Å². The zero-order valence-corrected chi connectivity index (χ0v) is 16.9. The van der Waals surface area contributed by atoms with Crippen LogP contribution >= 0.6 is 22.7 Å². The lowest BCUT2D eigenvalue weighted by Crippen LogP contribution is -3.14. The normalized spacial score (nSPS) is 15.6. The molecule has 1 aliphatic rings. The SMILES string of the molecule is Cc1sc2nc(-c3cccs3)nc(NCCC[NH+]3CCOCC3)c2c1C. The molecule has 0 atom stereocenters. The van der Waals surface area contributed by atoms with Crippen molar-refractivity contribution in [3.05, 3.63) is 28.0 Å². The van der Waals surface area contributed by atoms with Gasteiger partial charge in [-0.25, -0.2) is 9.97 Å². The van der Waals surface area contributed by atoms with Crippen LogP contribution in [-0.4, -0.2) is 49.4 Å². The first kappa shape index (κ1) is 17.9. The molecular formula is C19H25N4OS2+. The first-order valence-electron chi connectivity index (χ1n) is 9.19. The molecule has 7 heteroatoms. The van der Waals surface area contributed by atoms with Gasteiger partial charge in [0.05, 0.1) is 30.0 Å². The molecule has 0 saturated carbocycles. The molecule has 0 aromatic carbocycles. The van der Waals surface area contributed by atoms with Crippen molar-refractivity contribution in [3.63, 3.8) is 0 Å². The van der Waals surface area contributed by atoms with Crippen LogP contribution in [0.5, 0.6) is 0 Å². The van der Waals surface area contributed by atoms with Crippen molar-refractivity contribution >= 4 is 38.7 Å². The van der Waals surface area contributed by atoms with Crippen molar-refractivity contribution in [1.29, 1.82) is 0 Å². The molecule has 0 spiro atoms. The van der Waals surface area contributed by atoms with Gasteiger partial charge >= 0.3 is 0 Å². The Bertz CT molecular complexity index is 869. The van der Waals surface area contributed by atoms with Gasteiger partial charge in [0.2, 0.25) is 0 Å². The average Bonchev–Trinajstić information content (AvgIpc) is 3.28. The van der Waals surface area contributed by atoms with Crippen molar-refractivity contribution in [3.8, 4) is 10.7 Å². The largest absolute Gasteiger partial charge is 0.370 e. The first-order chi connectivity index (χ1) is 12.7. The standard InChI is InChI=1S/C19H24N4OS2/c1-13-14(2)26-19-16(13)18(21-17(22-19)15-5-3-12-25-15)20-6-4-7-23-8-10-24-11-9-23/h3,5,12H,4,6-11H2,1-2H3,(H,20,21,22)/p+1. The number of aromatic nitrogens is 2. The number of rotatable bonds is 6. The van der Waals surface area contributed by atoms with E-state index >= 15 is 0 Å². The molecule has 26 heavy (non-hydrogen) atoms. The van der Waals surface area contributed by atoms with Gasteiger partial charge in [-0.1, -0.05) is 6.07 Å². The van der Waals surface area contributed by atoms with Crippen molar-refractivity contribution in [2.45, 2.75) is 20.3 Å². The number of nitrogens with one attached hydrogen (secondary N) is 2. The summed E-state index contributed by atoms with van der Waals surface area (Å²) in [6, 6.07) is 4.14. The Morgan fingerprint density at radius 2 is 2.08 bits per heavy atom. The molecule has 0 bridgehead atoms. The summed E-state index contributed by atoms with van der Waals surface area (Å²) >= 11 is 3.45. The summed E-state index contributed by atoms with van der Waals surface area (Å²) < 4.78 is 5.44. The fourth-order valence-electron chi connectivity index (χ4n) is 3.35. The van der Waals surface area contributed by atoms with Crippen LogP contribution in [0.4, 0.5) is 5.82 Å². The van der Waals surface area contributed by atoms with E-state index in [9.17, 15) is 0 Å². The molecule has 138 valence electrons. The van der Waals surface area contributed by atoms with Gasteiger partial charge in [-0.15, -0.1) is 22.7 Å². The van der Waals surface area contributed by atoms with Gasteiger partial charge in [0.1, 0.15) is 23.7 Å². The molecule has 2 N–H and O–H groups in total. The van der Waals surface area contributed by atoms with Crippen molar-refractivity contribution in [1.82, 2.24) is 9.97 Å². The van der Waals surface area contributed by atoms with Gasteiger partial charge in [-0.2, -0.15) is 0 Å². The Balaban J connectivity index is 1.52. The van der Waals surface area contributed by atoms with E-state index in [0.717, 1.165) is 60.6 Å². The second kappa shape index (κ2) is 8.00. The van der Waals surface area contributed by atoms with Crippen LogP contribution in [0, 0.1) is 13.8 Å². The summed E-state index contributed by atoms with van der Waals surface area (Å²) in [5.74, 6) is 1.81. The highest BCUT2D eigenvalue weighted by Crippen LogP contribution is 2.35. The fourth-order valence-corrected chi connectivity index (χ4v) is 5.04. The Morgan fingerprint density at radius 3 is 2.85 bits per heavy atom. The molecule has 3 aromatic heterocycles. The van der Waals surface area contributed by atoms with Crippen LogP contribution in [-0.2, 0) is 4.74 Å². The molecule has 1 saturated heterocycles. The zero-order chi connectivity index (χ0) is 17.9. The molecule has 0 unspecified atom stereocenters. The van der Waals surface area contributed by atoms with Crippen LogP contribution in [0.25, 0.3) is 20.9 Å². The molecule has 3 aromatic rings. The quantitative estimate of drug-likeness (QED) is 0.637. The molecule has 4 rings (SSSR count). The Labute approximate surface area is 162 Å². The van der Waals surface area contributed by atoms with Crippen LogP contribution < -0.4 is 10.2 Å². The molecule has 0 amide bonds. The van der Waals surface area contributed by atoms with Crippen molar-refractivity contribution in [2.75, 3.05) is 44.7 Å². The highest BCUT2D eigenvalue weighted by Gasteiger charge is 2.16. The number of nitrogens with zero attached hydrogens (tertiary/aromatic N) is 2. The maximum absolute atomic E-state index is 5.44. The van der Waals surface area contributed by atoms with Crippen molar-refractivity contribution in [2.24, 2.45) is 0 Å². The Hall–Kier alpha value is -1.54. The molecule has 1 fully saturated rings. The summed E-state index contributed by atoms with van der Waals surface area (Å²) in [6.07, 6.45) is 1.14. The zero-order valence-electron chi connectivity index (χ0n) is 15.3. The number of fused-ring (bicyclic) bond motifs is 1. The number of thiophene rings is 2. The summed E-state index contributed by atoms with van der Waals surface area (Å²) in [6.45, 7) is 10.5. The maximum Gasteiger partial charge on any atom is 0.173 e. The van der Waals surface area contributed by atoms with E-state index in [1.807, 2.05) is 0 Å². The monoisotopic (exact) mass is 389 g/mol. The second-order valence-corrected chi connectivity index (χ2v) is 8.88. The molecule has 5 nitrogen and oxygen atoms in total.